The van der Waals surface area contributed by atoms with Gasteiger partial charge in [0.05, 0.1) is 19.3 Å². The molecular formula is C14H18N2O4. The van der Waals surface area contributed by atoms with Gasteiger partial charge in [-0.1, -0.05) is 0 Å². The Hall–Kier alpha value is -1.79. The zero-order chi connectivity index (χ0) is 13.9. The van der Waals surface area contributed by atoms with Crippen molar-refractivity contribution in [1.82, 2.24) is 4.90 Å². The van der Waals surface area contributed by atoms with Crippen molar-refractivity contribution >= 4 is 11.6 Å². The van der Waals surface area contributed by atoms with Crippen LogP contribution in [0.25, 0.3) is 0 Å². The lowest BCUT2D eigenvalue weighted by Gasteiger charge is -2.31. The van der Waals surface area contributed by atoms with Crippen molar-refractivity contribution in [2.75, 3.05) is 38.4 Å². The van der Waals surface area contributed by atoms with E-state index in [1.165, 1.54) is 0 Å². The van der Waals surface area contributed by atoms with Gasteiger partial charge >= 0.3 is 0 Å². The van der Waals surface area contributed by atoms with Crippen LogP contribution in [0, 0.1) is 0 Å². The molecule has 1 aromatic rings. The fourth-order valence-corrected chi connectivity index (χ4v) is 2.35. The maximum Gasteiger partial charge on any atom is 0.241 e. The zero-order valence-electron chi connectivity index (χ0n) is 11.4. The number of hydrogen-bond acceptors (Lipinski definition) is 5. The van der Waals surface area contributed by atoms with Crippen LogP contribution in [0.4, 0.5) is 5.69 Å². The smallest absolute Gasteiger partial charge is 0.241 e. The second kappa shape index (κ2) is 5.68. The molecule has 3 rings (SSSR count). The molecule has 0 aliphatic carbocycles. The quantitative estimate of drug-likeness (QED) is 0.896. The average Bonchev–Trinajstić information content (AvgIpc) is 2.95. The molecule has 1 fully saturated rings. The van der Waals surface area contributed by atoms with Gasteiger partial charge in [0.25, 0.3) is 0 Å². The van der Waals surface area contributed by atoms with Gasteiger partial charge in [-0.15, -0.1) is 0 Å². The molecule has 1 amide bonds. The van der Waals surface area contributed by atoms with Gasteiger partial charge in [-0.2, -0.15) is 0 Å². The van der Waals surface area contributed by atoms with E-state index in [0.29, 0.717) is 24.7 Å². The Kier molecular flexibility index (Phi) is 3.75. The molecule has 0 aromatic heterocycles. The number of benzene rings is 1. The monoisotopic (exact) mass is 278 g/mol. The van der Waals surface area contributed by atoms with Gasteiger partial charge in [-0.3, -0.25) is 9.69 Å². The predicted molar refractivity (Wildman–Crippen MR) is 73.0 cm³/mol. The number of amides is 1. The highest BCUT2D eigenvalue weighted by atomic mass is 16.7. The Balaban J connectivity index is 1.63. The van der Waals surface area contributed by atoms with Crippen molar-refractivity contribution in [2.45, 2.75) is 13.0 Å². The first-order valence-corrected chi connectivity index (χ1v) is 6.76. The molecule has 0 bridgehead atoms. The molecule has 20 heavy (non-hydrogen) atoms. The van der Waals surface area contributed by atoms with Gasteiger partial charge in [0.2, 0.25) is 12.7 Å². The third kappa shape index (κ3) is 2.71. The van der Waals surface area contributed by atoms with Crippen molar-refractivity contribution in [3.8, 4) is 11.5 Å². The molecule has 1 atom stereocenters. The number of fused-ring (bicyclic) bond motifs is 1. The summed E-state index contributed by atoms with van der Waals surface area (Å²) in [6.07, 6.45) is 0. The van der Waals surface area contributed by atoms with Crippen LogP contribution in [0.3, 0.4) is 0 Å². The van der Waals surface area contributed by atoms with E-state index in [2.05, 4.69) is 10.2 Å². The number of rotatable bonds is 3. The van der Waals surface area contributed by atoms with Crippen molar-refractivity contribution in [1.29, 1.82) is 0 Å². The minimum atomic E-state index is -0.177. The van der Waals surface area contributed by atoms with E-state index < -0.39 is 0 Å². The number of nitrogens with one attached hydrogen (secondary N) is 1. The van der Waals surface area contributed by atoms with Crippen LogP contribution >= 0.6 is 0 Å². The first-order chi connectivity index (χ1) is 9.74. The van der Waals surface area contributed by atoms with E-state index >= 15 is 0 Å². The molecule has 6 nitrogen and oxygen atoms in total. The molecule has 1 saturated heterocycles. The van der Waals surface area contributed by atoms with E-state index in [1.807, 2.05) is 13.0 Å². The molecule has 1 N–H and O–H groups in total. The SMILES string of the molecule is C[C@@H](C(=O)Nc1ccc2c(c1)OCO2)N1CCOCC1. The maximum atomic E-state index is 12.2. The van der Waals surface area contributed by atoms with Crippen molar-refractivity contribution in [2.24, 2.45) is 0 Å². The molecule has 6 heteroatoms. The molecule has 0 radical (unpaired) electrons. The third-order valence-electron chi connectivity index (χ3n) is 3.61. The highest BCUT2D eigenvalue weighted by Crippen LogP contribution is 2.34. The van der Waals surface area contributed by atoms with Gasteiger partial charge in [-0.25, -0.2) is 0 Å². The number of carbonyl (C=O) groups excluding carboxylic acids is 1. The van der Waals surface area contributed by atoms with Crippen LogP contribution in [-0.4, -0.2) is 49.9 Å². The van der Waals surface area contributed by atoms with Crippen LogP contribution in [0.1, 0.15) is 6.92 Å². The second-order valence-corrected chi connectivity index (χ2v) is 4.88. The standard InChI is InChI=1S/C14H18N2O4/c1-10(16-4-6-18-7-5-16)14(17)15-11-2-3-12-13(8-11)20-9-19-12/h2-3,8,10H,4-7,9H2,1H3,(H,15,17)/t10-/m0/s1. The lowest BCUT2D eigenvalue weighted by Crippen LogP contribution is -2.47. The van der Waals surface area contributed by atoms with E-state index in [1.54, 1.807) is 12.1 Å². The van der Waals surface area contributed by atoms with Crippen LogP contribution in [-0.2, 0) is 9.53 Å². The number of ether oxygens (including phenoxy) is 3. The number of carbonyl (C=O) groups is 1. The topological polar surface area (TPSA) is 60.0 Å². The van der Waals surface area contributed by atoms with Crippen molar-refractivity contribution in [3.63, 3.8) is 0 Å². The Morgan fingerprint density at radius 1 is 1.25 bits per heavy atom. The molecule has 1 aromatic carbocycles. The van der Waals surface area contributed by atoms with Gasteiger partial charge < -0.3 is 19.5 Å². The summed E-state index contributed by atoms with van der Waals surface area (Å²) >= 11 is 0. The number of morpholine rings is 1. The summed E-state index contributed by atoms with van der Waals surface area (Å²) in [6, 6.07) is 5.23. The van der Waals surface area contributed by atoms with Crippen molar-refractivity contribution in [3.05, 3.63) is 18.2 Å². The molecule has 0 saturated carbocycles. The zero-order valence-corrected chi connectivity index (χ0v) is 11.4. The molecule has 108 valence electrons. The minimum Gasteiger partial charge on any atom is -0.454 e. The third-order valence-corrected chi connectivity index (χ3v) is 3.61. The Labute approximate surface area is 117 Å². The molecular weight excluding hydrogens is 260 g/mol. The summed E-state index contributed by atoms with van der Waals surface area (Å²) in [4.78, 5) is 14.4. The van der Waals surface area contributed by atoms with Crippen molar-refractivity contribution < 1.29 is 19.0 Å². The molecule has 0 spiro atoms. The van der Waals surface area contributed by atoms with Gasteiger partial charge in [0, 0.05) is 24.8 Å². The normalized spacial score (nSPS) is 19.6. The number of nitrogens with zero attached hydrogens (tertiary/aromatic N) is 1. The Morgan fingerprint density at radius 2 is 2.00 bits per heavy atom. The fraction of sp³-hybridized carbons (Fsp3) is 0.500. The predicted octanol–water partition coefficient (Wildman–Crippen LogP) is 1.07. The molecule has 2 heterocycles. The highest BCUT2D eigenvalue weighted by Gasteiger charge is 2.23. The summed E-state index contributed by atoms with van der Waals surface area (Å²) in [5, 5.41) is 2.91. The lowest BCUT2D eigenvalue weighted by molar-refractivity contribution is -0.122. The Morgan fingerprint density at radius 3 is 2.80 bits per heavy atom. The van der Waals surface area contributed by atoms with Crippen LogP contribution in [0.15, 0.2) is 18.2 Å². The number of hydrogen-bond donors (Lipinski definition) is 1. The highest BCUT2D eigenvalue weighted by molar-refractivity contribution is 5.94. The molecule has 2 aliphatic rings. The van der Waals surface area contributed by atoms with E-state index in [-0.39, 0.29) is 18.7 Å². The van der Waals surface area contributed by atoms with Gasteiger partial charge in [0.1, 0.15) is 0 Å². The van der Waals surface area contributed by atoms with E-state index in [0.717, 1.165) is 18.8 Å². The molecule has 2 aliphatic heterocycles. The fourth-order valence-electron chi connectivity index (χ4n) is 2.35. The van der Waals surface area contributed by atoms with E-state index in [4.69, 9.17) is 14.2 Å². The van der Waals surface area contributed by atoms with E-state index in [9.17, 15) is 4.79 Å². The summed E-state index contributed by atoms with van der Waals surface area (Å²) in [5.41, 5.74) is 0.722. The largest absolute Gasteiger partial charge is 0.454 e. The minimum absolute atomic E-state index is 0.0224. The lowest BCUT2D eigenvalue weighted by atomic mass is 10.2. The first kappa shape index (κ1) is 13.2. The average molecular weight is 278 g/mol. The summed E-state index contributed by atoms with van der Waals surface area (Å²) in [5.74, 6) is 1.36. The molecule has 0 unspecified atom stereocenters. The van der Waals surface area contributed by atoms with Gasteiger partial charge in [0.15, 0.2) is 11.5 Å². The second-order valence-electron chi connectivity index (χ2n) is 4.88. The van der Waals surface area contributed by atoms with Crippen LogP contribution in [0.2, 0.25) is 0 Å². The summed E-state index contributed by atoms with van der Waals surface area (Å²) in [6.45, 7) is 5.08. The maximum absolute atomic E-state index is 12.2. The van der Waals surface area contributed by atoms with Gasteiger partial charge in [-0.05, 0) is 19.1 Å². The van der Waals surface area contributed by atoms with Crippen LogP contribution < -0.4 is 14.8 Å². The first-order valence-electron chi connectivity index (χ1n) is 6.76. The summed E-state index contributed by atoms with van der Waals surface area (Å²) < 4.78 is 15.8. The number of anilines is 1. The summed E-state index contributed by atoms with van der Waals surface area (Å²) in [7, 11) is 0. The van der Waals surface area contributed by atoms with Crippen LogP contribution in [0.5, 0.6) is 11.5 Å². The Bertz CT molecular complexity index is 500.